The fourth-order valence-corrected chi connectivity index (χ4v) is 1.29. The van der Waals surface area contributed by atoms with Crippen molar-refractivity contribution in [2.45, 2.75) is 46.4 Å². The van der Waals surface area contributed by atoms with Crippen molar-refractivity contribution in [2.24, 2.45) is 0 Å². The van der Waals surface area contributed by atoms with E-state index >= 15 is 0 Å². The number of hydrogen-bond donors (Lipinski definition) is 1. The molecule has 0 bridgehead atoms. The van der Waals surface area contributed by atoms with Crippen LogP contribution >= 0.6 is 0 Å². The van der Waals surface area contributed by atoms with Gasteiger partial charge in [-0.15, -0.1) is 0 Å². The van der Waals surface area contributed by atoms with Crippen molar-refractivity contribution in [3.63, 3.8) is 0 Å². The molecule has 1 heterocycles. The van der Waals surface area contributed by atoms with E-state index in [0.717, 1.165) is 23.6 Å². The Morgan fingerprint density at radius 2 is 2.07 bits per heavy atom. The summed E-state index contributed by atoms with van der Waals surface area (Å²) in [5.41, 5.74) is 1.03. The molecule has 0 amide bonds. The number of hydrogen-bond acceptors (Lipinski definition) is 3. The van der Waals surface area contributed by atoms with Gasteiger partial charge in [-0.1, -0.05) is 0 Å². The third kappa shape index (κ3) is 4.06. The second kappa shape index (κ2) is 4.81. The fraction of sp³-hybridized carbons (Fsp3) is 0.667. The predicted octanol–water partition coefficient (Wildman–Crippen LogP) is 2.62. The molecule has 0 aliphatic carbocycles. The molecule has 0 atom stereocenters. The molecule has 0 aliphatic heterocycles. The zero-order chi connectivity index (χ0) is 11.5. The van der Waals surface area contributed by atoms with Crippen LogP contribution in [0, 0.1) is 6.92 Å². The van der Waals surface area contributed by atoms with E-state index in [9.17, 15) is 0 Å². The first kappa shape index (κ1) is 12.3. The van der Waals surface area contributed by atoms with E-state index in [4.69, 9.17) is 9.15 Å². The molecule has 0 unspecified atom stereocenters. The van der Waals surface area contributed by atoms with Gasteiger partial charge in [0, 0.05) is 5.56 Å². The topological polar surface area (TPSA) is 34.4 Å². The van der Waals surface area contributed by atoms with Gasteiger partial charge in [-0.25, -0.2) is 0 Å². The van der Waals surface area contributed by atoms with Crippen LogP contribution in [0.2, 0.25) is 0 Å². The third-order valence-corrected chi connectivity index (χ3v) is 2.08. The summed E-state index contributed by atoms with van der Waals surface area (Å²) in [6, 6.07) is 2.05. The minimum atomic E-state index is -0.104. The Hall–Kier alpha value is -0.800. The molecule has 1 N–H and O–H groups in total. The van der Waals surface area contributed by atoms with E-state index in [1.54, 1.807) is 0 Å². The first-order valence-electron chi connectivity index (χ1n) is 5.29. The summed E-state index contributed by atoms with van der Waals surface area (Å²) in [7, 11) is 1.91. The zero-order valence-electron chi connectivity index (χ0n) is 10.3. The van der Waals surface area contributed by atoms with Crippen LogP contribution in [0.3, 0.4) is 0 Å². The maximum atomic E-state index is 5.71. The lowest BCUT2D eigenvalue weighted by atomic mass is 10.2. The van der Waals surface area contributed by atoms with Crippen LogP contribution in [-0.2, 0) is 17.9 Å². The Balaban J connectivity index is 2.61. The van der Waals surface area contributed by atoms with E-state index in [1.807, 2.05) is 14.0 Å². The minimum Gasteiger partial charge on any atom is -0.465 e. The van der Waals surface area contributed by atoms with Gasteiger partial charge in [0.05, 0.1) is 18.8 Å². The molecular formula is C12H21NO2. The maximum Gasteiger partial charge on any atom is 0.118 e. The van der Waals surface area contributed by atoms with Gasteiger partial charge in [-0.3, -0.25) is 0 Å². The van der Waals surface area contributed by atoms with Crippen LogP contribution in [0.1, 0.15) is 37.9 Å². The number of ether oxygens (including phenoxy) is 1. The zero-order valence-corrected chi connectivity index (χ0v) is 10.3. The first-order chi connectivity index (χ1) is 6.92. The molecule has 0 aromatic carbocycles. The highest BCUT2D eigenvalue weighted by Crippen LogP contribution is 2.18. The Morgan fingerprint density at radius 1 is 1.40 bits per heavy atom. The summed E-state index contributed by atoms with van der Waals surface area (Å²) >= 11 is 0. The summed E-state index contributed by atoms with van der Waals surface area (Å²) in [6.07, 6.45) is 0. The summed E-state index contributed by atoms with van der Waals surface area (Å²) in [5.74, 6) is 1.91. The van der Waals surface area contributed by atoms with Crippen molar-refractivity contribution in [2.75, 3.05) is 7.05 Å². The summed E-state index contributed by atoms with van der Waals surface area (Å²) in [6.45, 7) is 9.50. The van der Waals surface area contributed by atoms with Crippen LogP contribution in [0.15, 0.2) is 10.5 Å². The van der Waals surface area contributed by atoms with Crippen LogP contribution < -0.4 is 5.32 Å². The molecule has 1 aromatic rings. The largest absolute Gasteiger partial charge is 0.465 e. The molecule has 3 heteroatoms. The van der Waals surface area contributed by atoms with Crippen molar-refractivity contribution >= 4 is 0 Å². The highest BCUT2D eigenvalue weighted by Gasteiger charge is 2.13. The van der Waals surface area contributed by atoms with Crippen LogP contribution in [0.5, 0.6) is 0 Å². The van der Waals surface area contributed by atoms with Gasteiger partial charge in [0.1, 0.15) is 11.5 Å². The van der Waals surface area contributed by atoms with E-state index < -0.39 is 0 Å². The molecule has 0 aliphatic rings. The smallest absolute Gasteiger partial charge is 0.118 e. The van der Waals surface area contributed by atoms with Gasteiger partial charge in [0.2, 0.25) is 0 Å². The standard InChI is InChI=1S/C12H21NO2/c1-9-10(8-14-12(2,3)4)6-11(15-9)7-13-5/h6,13H,7-8H2,1-5H3. The number of rotatable bonds is 4. The molecule has 3 nitrogen and oxygen atoms in total. The van der Waals surface area contributed by atoms with E-state index in [2.05, 4.69) is 32.2 Å². The molecule has 0 fully saturated rings. The molecule has 0 radical (unpaired) electrons. The predicted molar refractivity (Wildman–Crippen MR) is 60.8 cm³/mol. The lowest BCUT2D eigenvalue weighted by Gasteiger charge is -2.18. The lowest BCUT2D eigenvalue weighted by Crippen LogP contribution is -2.18. The Kier molecular flexibility index (Phi) is 3.94. The van der Waals surface area contributed by atoms with E-state index in [0.29, 0.717) is 6.61 Å². The molecule has 0 saturated carbocycles. The summed E-state index contributed by atoms with van der Waals surface area (Å²) in [4.78, 5) is 0. The minimum absolute atomic E-state index is 0.104. The number of furan rings is 1. The normalized spacial score (nSPS) is 12.1. The van der Waals surface area contributed by atoms with Crippen molar-refractivity contribution in [3.8, 4) is 0 Å². The third-order valence-electron chi connectivity index (χ3n) is 2.08. The molecule has 0 saturated heterocycles. The average Bonchev–Trinajstić information content (AvgIpc) is 2.42. The van der Waals surface area contributed by atoms with Crippen LogP contribution in [-0.4, -0.2) is 12.6 Å². The summed E-state index contributed by atoms with van der Waals surface area (Å²) in [5, 5.41) is 3.06. The van der Waals surface area contributed by atoms with Gasteiger partial charge in [-0.2, -0.15) is 0 Å². The highest BCUT2D eigenvalue weighted by atomic mass is 16.5. The maximum absolute atomic E-state index is 5.71. The van der Waals surface area contributed by atoms with Crippen molar-refractivity contribution in [3.05, 3.63) is 23.2 Å². The lowest BCUT2D eigenvalue weighted by molar-refractivity contribution is -0.0153. The second-order valence-electron chi connectivity index (χ2n) is 4.73. The molecular weight excluding hydrogens is 190 g/mol. The Morgan fingerprint density at radius 3 is 2.60 bits per heavy atom. The number of nitrogens with one attached hydrogen (secondary N) is 1. The first-order valence-corrected chi connectivity index (χ1v) is 5.29. The second-order valence-corrected chi connectivity index (χ2v) is 4.73. The molecule has 1 aromatic heterocycles. The Bertz CT molecular complexity index is 310. The van der Waals surface area contributed by atoms with E-state index in [1.165, 1.54) is 0 Å². The SMILES string of the molecule is CNCc1cc(COC(C)(C)C)c(C)o1. The van der Waals surface area contributed by atoms with Crippen molar-refractivity contribution in [1.29, 1.82) is 0 Å². The van der Waals surface area contributed by atoms with E-state index in [-0.39, 0.29) is 5.60 Å². The molecule has 15 heavy (non-hydrogen) atoms. The quantitative estimate of drug-likeness (QED) is 0.831. The van der Waals surface area contributed by atoms with Gasteiger partial charge in [0.25, 0.3) is 0 Å². The van der Waals surface area contributed by atoms with Crippen LogP contribution in [0.4, 0.5) is 0 Å². The molecule has 0 spiro atoms. The van der Waals surface area contributed by atoms with Crippen molar-refractivity contribution in [1.82, 2.24) is 5.32 Å². The van der Waals surface area contributed by atoms with Gasteiger partial charge in [0.15, 0.2) is 0 Å². The molecule has 86 valence electrons. The number of aryl methyl sites for hydroxylation is 1. The monoisotopic (exact) mass is 211 g/mol. The molecule has 1 rings (SSSR count). The van der Waals surface area contributed by atoms with Gasteiger partial charge >= 0.3 is 0 Å². The van der Waals surface area contributed by atoms with Gasteiger partial charge < -0.3 is 14.5 Å². The highest BCUT2D eigenvalue weighted by molar-refractivity contribution is 5.19. The fourth-order valence-electron chi connectivity index (χ4n) is 1.29. The average molecular weight is 211 g/mol. The van der Waals surface area contributed by atoms with Crippen molar-refractivity contribution < 1.29 is 9.15 Å². The van der Waals surface area contributed by atoms with Gasteiger partial charge in [-0.05, 0) is 40.8 Å². The Labute approximate surface area is 91.8 Å². The summed E-state index contributed by atoms with van der Waals surface area (Å²) < 4.78 is 11.3. The van der Waals surface area contributed by atoms with Crippen LogP contribution in [0.25, 0.3) is 0 Å².